The Morgan fingerprint density at radius 2 is 2.07 bits per heavy atom. The lowest BCUT2D eigenvalue weighted by Crippen LogP contribution is -2.36. The van der Waals surface area contributed by atoms with Crippen molar-refractivity contribution in [2.24, 2.45) is 17.4 Å². The van der Waals surface area contributed by atoms with Gasteiger partial charge in [-0.05, 0) is 58.2 Å². The molecule has 2 aromatic rings. The molecule has 0 aliphatic heterocycles. The van der Waals surface area contributed by atoms with E-state index in [4.69, 9.17) is 23.1 Å². The molecule has 0 aliphatic carbocycles. The van der Waals surface area contributed by atoms with Gasteiger partial charge in [-0.15, -0.1) is 11.3 Å². The van der Waals surface area contributed by atoms with Crippen molar-refractivity contribution in [3.63, 3.8) is 0 Å². The fourth-order valence-electron chi connectivity index (χ4n) is 2.95. The van der Waals surface area contributed by atoms with Crippen molar-refractivity contribution in [1.82, 2.24) is 4.98 Å². The van der Waals surface area contributed by atoms with Gasteiger partial charge >= 0.3 is 0 Å². The van der Waals surface area contributed by atoms with E-state index in [1.54, 1.807) is 12.3 Å². The molecule has 0 fully saturated rings. The van der Waals surface area contributed by atoms with E-state index in [1.807, 2.05) is 13.8 Å². The Kier molecular flexibility index (Phi) is 7.86. The number of benzene rings is 1. The molecule has 11 heteroatoms. The molecule has 1 aromatic carbocycles. The molecule has 0 amide bonds. The number of aryl methyl sites for hydroxylation is 1. The zero-order valence-corrected chi connectivity index (χ0v) is 19.0. The number of nitrogens with two attached hydrogens (primary N) is 2. The fourth-order valence-corrected chi connectivity index (χ4v) is 5.27. The summed E-state index contributed by atoms with van der Waals surface area (Å²) in [5, 5.41) is 5.03. The Hall–Kier alpha value is -1.46. The SMILES string of the molecule is Cc1csc(NS(=O)(=O)c2cc(Cl)c(NC[C@@H](CCN)CC(C)(C)N)cc2F)n1. The molecule has 0 saturated carbocycles. The van der Waals surface area contributed by atoms with Crippen molar-refractivity contribution >= 4 is 43.8 Å². The number of anilines is 2. The van der Waals surface area contributed by atoms with Crippen LogP contribution in [0.3, 0.4) is 0 Å². The van der Waals surface area contributed by atoms with E-state index < -0.39 is 20.7 Å². The van der Waals surface area contributed by atoms with E-state index in [0.29, 0.717) is 24.5 Å². The molecule has 1 atom stereocenters. The molecule has 0 saturated heterocycles. The number of nitrogens with one attached hydrogen (secondary N) is 2. The first kappa shape index (κ1) is 23.8. The highest BCUT2D eigenvalue weighted by Gasteiger charge is 2.23. The fraction of sp³-hybridized carbons (Fsp3) is 0.500. The first-order valence-electron chi connectivity index (χ1n) is 9.08. The van der Waals surface area contributed by atoms with E-state index in [9.17, 15) is 12.8 Å². The molecule has 6 N–H and O–H groups in total. The third-order valence-electron chi connectivity index (χ3n) is 4.12. The minimum Gasteiger partial charge on any atom is -0.383 e. The number of halogens is 2. The van der Waals surface area contributed by atoms with Crippen LogP contribution in [0.25, 0.3) is 0 Å². The van der Waals surface area contributed by atoms with Gasteiger partial charge in [0, 0.05) is 17.5 Å². The molecule has 7 nitrogen and oxygen atoms in total. The second-order valence-electron chi connectivity index (χ2n) is 7.68. The van der Waals surface area contributed by atoms with E-state index in [0.717, 1.165) is 36.3 Å². The van der Waals surface area contributed by atoms with Crippen molar-refractivity contribution in [1.29, 1.82) is 0 Å². The third kappa shape index (κ3) is 7.07. The highest BCUT2D eigenvalue weighted by molar-refractivity contribution is 7.93. The van der Waals surface area contributed by atoms with Gasteiger partial charge in [0.2, 0.25) is 0 Å². The number of aromatic nitrogens is 1. The normalized spacial score (nSPS) is 13.3. The highest BCUT2D eigenvalue weighted by atomic mass is 35.5. The largest absolute Gasteiger partial charge is 0.383 e. The summed E-state index contributed by atoms with van der Waals surface area (Å²) >= 11 is 7.34. The van der Waals surface area contributed by atoms with Gasteiger partial charge in [-0.25, -0.2) is 17.8 Å². The van der Waals surface area contributed by atoms with Crippen molar-refractivity contribution < 1.29 is 12.8 Å². The monoisotopic (exact) mass is 463 g/mol. The number of rotatable bonds is 10. The topological polar surface area (TPSA) is 123 Å². The maximum Gasteiger partial charge on any atom is 0.266 e. The summed E-state index contributed by atoms with van der Waals surface area (Å²) in [5.41, 5.74) is 12.4. The van der Waals surface area contributed by atoms with Crippen molar-refractivity contribution in [2.45, 2.75) is 44.0 Å². The maximum atomic E-state index is 14.6. The van der Waals surface area contributed by atoms with Gasteiger partial charge in [0.15, 0.2) is 5.13 Å². The maximum absolute atomic E-state index is 14.6. The minimum atomic E-state index is -4.16. The summed E-state index contributed by atoms with van der Waals surface area (Å²) in [6.45, 7) is 6.58. The number of thiazole rings is 1. The highest BCUT2D eigenvalue weighted by Crippen LogP contribution is 2.30. The first-order valence-corrected chi connectivity index (χ1v) is 11.8. The zero-order valence-electron chi connectivity index (χ0n) is 16.6. The van der Waals surface area contributed by atoms with Crippen molar-refractivity contribution in [2.75, 3.05) is 23.1 Å². The molecule has 162 valence electrons. The van der Waals surface area contributed by atoms with Crippen LogP contribution in [0.1, 0.15) is 32.4 Å². The van der Waals surface area contributed by atoms with Crippen LogP contribution in [0.15, 0.2) is 22.4 Å². The van der Waals surface area contributed by atoms with Crippen LogP contribution in [-0.4, -0.2) is 32.0 Å². The molecule has 0 aliphatic rings. The average molecular weight is 464 g/mol. The number of hydrogen-bond acceptors (Lipinski definition) is 7. The van der Waals surface area contributed by atoms with E-state index in [1.165, 1.54) is 0 Å². The molecular weight excluding hydrogens is 437 g/mol. The van der Waals surface area contributed by atoms with Gasteiger partial charge in [-0.1, -0.05) is 11.6 Å². The van der Waals surface area contributed by atoms with Gasteiger partial charge in [0.25, 0.3) is 10.0 Å². The van der Waals surface area contributed by atoms with Crippen LogP contribution in [0.5, 0.6) is 0 Å². The molecule has 0 bridgehead atoms. The number of nitrogens with zero attached hydrogens (tertiary/aromatic N) is 1. The van der Waals surface area contributed by atoms with Gasteiger partial charge in [-0.2, -0.15) is 0 Å². The molecule has 0 spiro atoms. The predicted octanol–water partition coefficient (Wildman–Crippen LogP) is 3.55. The predicted molar refractivity (Wildman–Crippen MR) is 118 cm³/mol. The summed E-state index contributed by atoms with van der Waals surface area (Å²) in [4.78, 5) is 3.49. The van der Waals surface area contributed by atoms with Gasteiger partial charge < -0.3 is 16.8 Å². The second kappa shape index (κ2) is 9.57. The lowest BCUT2D eigenvalue weighted by Gasteiger charge is -2.26. The van der Waals surface area contributed by atoms with Gasteiger partial charge in [0.1, 0.15) is 10.7 Å². The lowest BCUT2D eigenvalue weighted by atomic mass is 9.89. The Balaban J connectivity index is 2.17. The standard InChI is InChI=1S/C18H27ClFN5O2S2/c1-11-10-28-17(24-11)25-29(26,27)16-6-13(19)15(7-14(16)20)23-9-12(4-5-21)8-18(2,3)22/h6-7,10,12,23H,4-5,8-9,21-22H2,1-3H3,(H,24,25)/t12-/m0/s1. The zero-order chi connectivity index (χ0) is 21.8. The van der Waals surface area contributed by atoms with E-state index in [-0.39, 0.29) is 21.6 Å². The third-order valence-corrected chi connectivity index (χ3v) is 6.79. The Morgan fingerprint density at radius 1 is 1.38 bits per heavy atom. The number of hydrogen-bond donors (Lipinski definition) is 4. The Labute approximate surface area is 180 Å². The summed E-state index contributed by atoms with van der Waals surface area (Å²) in [6.07, 6.45) is 1.47. The van der Waals surface area contributed by atoms with Crippen molar-refractivity contribution in [3.8, 4) is 0 Å². The smallest absolute Gasteiger partial charge is 0.266 e. The first-order chi connectivity index (χ1) is 13.4. The van der Waals surface area contributed by atoms with Crippen LogP contribution in [0.4, 0.5) is 15.2 Å². The molecule has 1 heterocycles. The quantitative estimate of drug-likeness (QED) is 0.427. The molecule has 1 aromatic heterocycles. The number of sulfonamides is 1. The minimum absolute atomic E-state index is 0.0978. The lowest BCUT2D eigenvalue weighted by molar-refractivity contribution is 0.358. The molecular formula is C18H27ClFN5O2S2. The van der Waals surface area contributed by atoms with E-state index in [2.05, 4.69) is 15.0 Å². The summed E-state index contributed by atoms with van der Waals surface area (Å²) < 4.78 is 41.9. The molecule has 0 unspecified atom stereocenters. The summed E-state index contributed by atoms with van der Waals surface area (Å²) in [5.74, 6) is -0.746. The van der Waals surface area contributed by atoms with Gasteiger partial charge in [-0.3, -0.25) is 4.72 Å². The average Bonchev–Trinajstić information content (AvgIpc) is 2.98. The summed E-state index contributed by atoms with van der Waals surface area (Å²) in [6, 6.07) is 2.17. The Bertz CT molecular complexity index is 944. The van der Waals surface area contributed by atoms with Crippen LogP contribution in [0, 0.1) is 18.7 Å². The molecule has 2 rings (SSSR count). The Morgan fingerprint density at radius 3 is 2.62 bits per heavy atom. The molecule has 0 radical (unpaired) electrons. The second-order valence-corrected chi connectivity index (χ2v) is 10.6. The van der Waals surface area contributed by atoms with Crippen LogP contribution in [-0.2, 0) is 10.0 Å². The van der Waals surface area contributed by atoms with E-state index >= 15 is 0 Å². The summed E-state index contributed by atoms with van der Waals surface area (Å²) in [7, 11) is -4.16. The van der Waals surface area contributed by atoms with Crippen molar-refractivity contribution in [3.05, 3.63) is 34.0 Å². The van der Waals surface area contributed by atoms with Crippen LogP contribution >= 0.6 is 22.9 Å². The van der Waals surface area contributed by atoms with Crippen LogP contribution in [0.2, 0.25) is 5.02 Å². The van der Waals surface area contributed by atoms with Gasteiger partial charge in [0.05, 0.1) is 16.4 Å². The van der Waals surface area contributed by atoms with Crippen LogP contribution < -0.4 is 21.5 Å². The molecule has 29 heavy (non-hydrogen) atoms.